The van der Waals surface area contributed by atoms with Crippen molar-refractivity contribution < 1.29 is 19.1 Å². The van der Waals surface area contributed by atoms with Crippen molar-refractivity contribution in [2.24, 2.45) is 16.2 Å². The van der Waals surface area contributed by atoms with Gasteiger partial charge in [-0.15, -0.1) is 5.11 Å². The molecular weight excluding hydrogens is 400 g/mol. The molecule has 2 aliphatic rings. The minimum absolute atomic E-state index is 0.0727. The zero-order chi connectivity index (χ0) is 20.4. The second kappa shape index (κ2) is 8.01. The molecule has 1 fully saturated rings. The first-order valence-corrected chi connectivity index (χ1v) is 9.69. The summed E-state index contributed by atoms with van der Waals surface area (Å²) in [6.45, 7) is 0.0727. The maximum atomic E-state index is 12.5. The molecule has 4 N–H and O–H groups in total. The van der Waals surface area contributed by atoms with Crippen molar-refractivity contribution in [3.05, 3.63) is 50.4 Å². The molecule has 1 unspecified atom stereocenters. The number of rotatable bonds is 5. The van der Waals surface area contributed by atoms with E-state index >= 15 is 0 Å². The Morgan fingerprint density at radius 2 is 2.07 bits per heavy atom. The second-order valence-electron chi connectivity index (χ2n) is 6.42. The van der Waals surface area contributed by atoms with Crippen LogP contribution in [-0.4, -0.2) is 35.4 Å². The average molecular weight is 418 g/mol. The van der Waals surface area contributed by atoms with Gasteiger partial charge in [0, 0.05) is 0 Å². The molecule has 0 saturated carbocycles. The van der Waals surface area contributed by atoms with Crippen LogP contribution in [-0.2, 0) is 9.47 Å². The predicted octanol–water partition coefficient (Wildman–Crippen LogP) is 1.21. The summed E-state index contributed by atoms with van der Waals surface area (Å²) in [5.74, 6) is 4.48. The van der Waals surface area contributed by atoms with E-state index in [2.05, 4.69) is 21.0 Å². The Balaban J connectivity index is 1.44. The van der Waals surface area contributed by atoms with E-state index in [1.165, 1.54) is 4.57 Å². The van der Waals surface area contributed by atoms with Crippen LogP contribution in [0.25, 0.3) is 0 Å². The van der Waals surface area contributed by atoms with E-state index in [1.807, 2.05) is 6.07 Å². The van der Waals surface area contributed by atoms with Crippen molar-refractivity contribution in [2.75, 3.05) is 11.9 Å². The summed E-state index contributed by atoms with van der Waals surface area (Å²) in [5.41, 5.74) is 0.459. The number of benzene rings is 1. The number of amides is 1. The number of ether oxygens (including phenoxy) is 2. The van der Waals surface area contributed by atoms with Crippen molar-refractivity contribution in [3.63, 3.8) is 0 Å². The third kappa shape index (κ3) is 3.84. The lowest BCUT2D eigenvalue weighted by Crippen LogP contribution is -2.44. The van der Waals surface area contributed by atoms with Crippen molar-refractivity contribution >= 4 is 29.0 Å². The van der Waals surface area contributed by atoms with Crippen molar-refractivity contribution in [1.82, 2.24) is 9.88 Å². The molecular formula is C17H18N6O5S. The van der Waals surface area contributed by atoms with Gasteiger partial charge in [0.25, 0.3) is 5.91 Å². The van der Waals surface area contributed by atoms with Gasteiger partial charge in [-0.2, -0.15) is 0 Å². The fraction of sp³-hybridized carbons (Fsp3) is 0.353. The quantitative estimate of drug-likeness (QED) is 0.286. The molecule has 1 aromatic heterocycles. The number of carbonyl (C=O) groups excluding carboxylic acids is 2. The van der Waals surface area contributed by atoms with E-state index < -0.39 is 24.4 Å². The first-order chi connectivity index (χ1) is 14.1. The van der Waals surface area contributed by atoms with E-state index in [9.17, 15) is 14.4 Å². The fourth-order valence-corrected chi connectivity index (χ4v) is 4.13. The molecule has 2 aromatic rings. The number of nitrogens with two attached hydrogens (primary N) is 1. The van der Waals surface area contributed by atoms with Crippen LogP contribution in [0.15, 0.2) is 45.5 Å². The molecule has 4 rings (SSSR count). The number of nitrogens with one attached hydrogen (secondary N) is 2. The lowest BCUT2D eigenvalue weighted by atomic mass is 10.2. The average Bonchev–Trinajstić information content (AvgIpc) is 3.31. The van der Waals surface area contributed by atoms with Crippen LogP contribution in [0.5, 0.6) is 0 Å². The van der Waals surface area contributed by atoms with Crippen LogP contribution in [0.2, 0.25) is 0 Å². The van der Waals surface area contributed by atoms with Gasteiger partial charge in [-0.1, -0.05) is 34.8 Å². The Morgan fingerprint density at radius 1 is 1.28 bits per heavy atom. The zero-order valence-electron chi connectivity index (χ0n) is 15.1. The van der Waals surface area contributed by atoms with E-state index in [4.69, 9.17) is 15.3 Å². The topological polar surface area (TPSA) is 149 Å². The van der Waals surface area contributed by atoms with E-state index in [-0.39, 0.29) is 22.5 Å². The van der Waals surface area contributed by atoms with Crippen molar-refractivity contribution in [2.45, 2.75) is 31.5 Å². The van der Waals surface area contributed by atoms with Gasteiger partial charge >= 0.3 is 10.8 Å². The number of esters is 1. The third-order valence-corrected chi connectivity index (χ3v) is 5.51. The summed E-state index contributed by atoms with van der Waals surface area (Å²) in [7, 11) is 0. The zero-order valence-corrected chi connectivity index (χ0v) is 15.9. The lowest BCUT2D eigenvalue weighted by Gasteiger charge is -2.24. The number of nitrogens with zero attached hydrogens (tertiary/aromatic N) is 3. The first kappa shape index (κ1) is 19.1. The Hall–Kier alpha value is -3.25. The molecule has 2 aliphatic heterocycles. The molecule has 1 amide bonds. The minimum Gasteiger partial charge on any atom is -0.459 e. The summed E-state index contributed by atoms with van der Waals surface area (Å²) in [4.78, 5) is 36.6. The predicted molar refractivity (Wildman–Crippen MR) is 102 cm³/mol. The Kier molecular flexibility index (Phi) is 5.27. The number of hydrogen-bond acceptors (Lipinski definition) is 9. The highest BCUT2D eigenvalue weighted by Crippen LogP contribution is 2.34. The molecule has 0 bridgehead atoms. The van der Waals surface area contributed by atoms with Gasteiger partial charge in [0.05, 0.1) is 11.7 Å². The third-order valence-electron chi connectivity index (χ3n) is 4.55. The number of fused-ring (bicyclic) bond motifs is 1. The first-order valence-electron chi connectivity index (χ1n) is 8.87. The number of aromatic nitrogens is 1. The van der Waals surface area contributed by atoms with Crippen LogP contribution in [0.3, 0.4) is 0 Å². The summed E-state index contributed by atoms with van der Waals surface area (Å²) >= 11 is 0.813. The van der Waals surface area contributed by atoms with Crippen molar-refractivity contribution in [1.29, 1.82) is 0 Å². The molecule has 12 heteroatoms. The minimum atomic E-state index is -0.871. The Morgan fingerprint density at radius 3 is 2.83 bits per heavy atom. The largest absolute Gasteiger partial charge is 0.459 e. The molecule has 0 spiro atoms. The molecule has 152 valence electrons. The molecule has 1 aromatic carbocycles. The van der Waals surface area contributed by atoms with Gasteiger partial charge in [0.2, 0.25) is 6.29 Å². The van der Waals surface area contributed by atoms with Crippen LogP contribution < -0.4 is 21.3 Å². The van der Waals surface area contributed by atoms with Gasteiger partial charge in [0.15, 0.2) is 0 Å². The molecule has 3 atom stereocenters. The smallest absolute Gasteiger partial charge is 0.338 e. The van der Waals surface area contributed by atoms with Gasteiger partial charge in [-0.3, -0.25) is 14.2 Å². The maximum absolute atomic E-state index is 12.5. The fourth-order valence-electron chi connectivity index (χ4n) is 3.24. The summed E-state index contributed by atoms with van der Waals surface area (Å²) in [6.07, 6.45) is -0.682. The summed E-state index contributed by atoms with van der Waals surface area (Å²) in [6, 6.07) is 8.67. The lowest BCUT2D eigenvalue weighted by molar-refractivity contribution is -0.0322. The Labute approximate surface area is 168 Å². The number of carbonyl (C=O) groups is 2. The van der Waals surface area contributed by atoms with E-state index in [0.717, 1.165) is 11.3 Å². The molecule has 29 heavy (non-hydrogen) atoms. The van der Waals surface area contributed by atoms with E-state index in [1.54, 1.807) is 24.3 Å². The SMILES string of the molecule is NN=NC1NC(=O)c2sc(=O)n([C@H]3CC[C@@H](COC(=O)c4ccccc4)O3)c2N1. The second-order valence-corrected chi connectivity index (χ2v) is 7.38. The molecule has 3 heterocycles. The number of thiazole rings is 1. The van der Waals surface area contributed by atoms with Crippen LogP contribution in [0.4, 0.5) is 5.82 Å². The highest BCUT2D eigenvalue weighted by molar-refractivity contribution is 7.12. The Bertz CT molecular complexity index is 1000. The number of anilines is 1. The highest BCUT2D eigenvalue weighted by Gasteiger charge is 2.35. The van der Waals surface area contributed by atoms with Gasteiger partial charge in [0.1, 0.15) is 23.5 Å². The summed E-state index contributed by atoms with van der Waals surface area (Å²) < 4.78 is 12.6. The van der Waals surface area contributed by atoms with Crippen molar-refractivity contribution in [3.8, 4) is 0 Å². The maximum Gasteiger partial charge on any atom is 0.338 e. The highest BCUT2D eigenvalue weighted by atomic mass is 32.1. The van der Waals surface area contributed by atoms with Crippen LogP contribution in [0, 0.1) is 0 Å². The number of hydrogen-bond donors (Lipinski definition) is 3. The normalized spacial score (nSPS) is 23.4. The monoisotopic (exact) mass is 418 g/mol. The summed E-state index contributed by atoms with van der Waals surface area (Å²) in [5, 5.41) is 12.3. The standard InChI is InChI=1S/C17H18N6O5S/c18-22-21-16-19-13-12(14(24)20-16)29-17(26)23(13)11-7-6-10(28-11)8-27-15(25)9-4-2-1-3-5-9/h1-5,10-11,16,19H,6-8H2,(H2,18,21)(H,20,24)/t10-,11+,16?/m0/s1. The molecule has 1 saturated heterocycles. The van der Waals surface area contributed by atoms with Gasteiger partial charge in [-0.05, 0) is 25.0 Å². The molecule has 11 nitrogen and oxygen atoms in total. The molecule has 0 radical (unpaired) electrons. The van der Waals surface area contributed by atoms with Gasteiger partial charge < -0.3 is 25.9 Å². The van der Waals surface area contributed by atoms with E-state index in [0.29, 0.717) is 24.2 Å². The molecule has 0 aliphatic carbocycles. The van der Waals surface area contributed by atoms with Crippen LogP contribution >= 0.6 is 11.3 Å². The van der Waals surface area contributed by atoms with Crippen LogP contribution in [0.1, 0.15) is 39.1 Å². The van der Waals surface area contributed by atoms with Gasteiger partial charge in [-0.25, -0.2) is 4.79 Å².